The molecule has 0 heterocycles. The Hall–Kier alpha value is -3.67. The summed E-state index contributed by atoms with van der Waals surface area (Å²) in [6.45, 7) is 6.42. The molecular weight excluding hydrogens is 841 g/mol. The third kappa shape index (κ3) is 53.3. The highest BCUT2D eigenvalue weighted by Crippen LogP contribution is 2.14. The Morgan fingerprint density at radius 3 is 0.971 bits per heavy atom. The van der Waals surface area contributed by atoms with E-state index in [0.717, 1.165) is 141 Å². The van der Waals surface area contributed by atoms with Gasteiger partial charge in [0.05, 0.1) is 0 Å². The van der Waals surface area contributed by atoms with E-state index in [1.807, 2.05) is 0 Å². The van der Waals surface area contributed by atoms with Gasteiger partial charge in [0.2, 0.25) is 0 Å². The smallest absolute Gasteiger partial charge is 0.306 e. The van der Waals surface area contributed by atoms with Crippen LogP contribution in [0.4, 0.5) is 0 Å². The highest BCUT2D eigenvalue weighted by molar-refractivity contribution is 5.71. The normalized spacial score (nSPS) is 12.8. The molecule has 388 valence electrons. The molecule has 0 saturated heterocycles. The van der Waals surface area contributed by atoms with Crippen molar-refractivity contribution in [3.8, 4) is 0 Å². The molecule has 0 aromatic carbocycles. The van der Waals surface area contributed by atoms with Gasteiger partial charge in [-0.2, -0.15) is 0 Å². The minimum absolute atomic E-state index is 0.0918. The van der Waals surface area contributed by atoms with E-state index in [4.69, 9.17) is 14.2 Å². The van der Waals surface area contributed by atoms with E-state index in [0.29, 0.717) is 19.3 Å². The van der Waals surface area contributed by atoms with Gasteiger partial charge in [-0.05, 0) is 116 Å². The van der Waals surface area contributed by atoms with Gasteiger partial charge in [-0.25, -0.2) is 0 Å². The lowest BCUT2D eigenvalue weighted by atomic mass is 10.1. The first-order valence-corrected chi connectivity index (χ1v) is 28.2. The van der Waals surface area contributed by atoms with Crippen LogP contribution in [-0.4, -0.2) is 37.2 Å². The molecule has 0 spiro atoms. The maximum atomic E-state index is 12.8. The Kier molecular flexibility index (Phi) is 52.9. The van der Waals surface area contributed by atoms with Crippen LogP contribution in [0.25, 0.3) is 0 Å². The highest BCUT2D eigenvalue weighted by Gasteiger charge is 2.19. The van der Waals surface area contributed by atoms with Crippen LogP contribution in [0.1, 0.15) is 258 Å². The molecule has 1 unspecified atom stereocenters. The lowest BCUT2D eigenvalue weighted by Gasteiger charge is -2.18. The van der Waals surface area contributed by atoms with Gasteiger partial charge in [-0.3, -0.25) is 14.4 Å². The molecule has 0 aromatic rings. The average Bonchev–Trinajstić information content (AvgIpc) is 3.34. The monoisotopic (exact) mass is 945 g/mol. The molecule has 0 N–H and O–H groups in total. The largest absolute Gasteiger partial charge is 0.462 e. The number of carbonyl (C=O) groups is 3. The van der Waals surface area contributed by atoms with E-state index < -0.39 is 6.10 Å². The molecule has 0 amide bonds. The first-order valence-electron chi connectivity index (χ1n) is 28.2. The lowest BCUT2D eigenvalue weighted by Crippen LogP contribution is -2.30. The molecule has 6 nitrogen and oxygen atoms in total. The second-order valence-corrected chi connectivity index (χ2v) is 18.5. The minimum Gasteiger partial charge on any atom is -0.462 e. The van der Waals surface area contributed by atoms with Gasteiger partial charge in [0, 0.05) is 19.3 Å². The summed E-state index contributed by atoms with van der Waals surface area (Å²) in [6, 6.07) is 0. The summed E-state index contributed by atoms with van der Waals surface area (Å²) in [6.07, 6.45) is 73.9. The van der Waals surface area contributed by atoms with Crippen LogP contribution in [0.5, 0.6) is 0 Å². The fourth-order valence-corrected chi connectivity index (χ4v) is 7.56. The molecule has 1 atom stereocenters. The zero-order chi connectivity index (χ0) is 49.3. The van der Waals surface area contributed by atoms with Crippen LogP contribution in [0.2, 0.25) is 0 Å². The van der Waals surface area contributed by atoms with Crippen molar-refractivity contribution in [2.75, 3.05) is 13.2 Å². The first kappa shape index (κ1) is 64.3. The van der Waals surface area contributed by atoms with Crippen molar-refractivity contribution in [1.82, 2.24) is 0 Å². The number of esters is 3. The van der Waals surface area contributed by atoms with Gasteiger partial charge in [0.25, 0.3) is 0 Å². The second kappa shape index (κ2) is 55.9. The minimum atomic E-state index is -0.793. The van der Waals surface area contributed by atoms with Gasteiger partial charge in [-0.15, -0.1) is 0 Å². The fourth-order valence-electron chi connectivity index (χ4n) is 7.56. The topological polar surface area (TPSA) is 78.9 Å². The third-order valence-electron chi connectivity index (χ3n) is 11.8. The summed E-state index contributed by atoms with van der Waals surface area (Å²) in [5.74, 6) is -0.924. The summed E-state index contributed by atoms with van der Waals surface area (Å²) in [4.78, 5) is 38.1. The third-order valence-corrected chi connectivity index (χ3v) is 11.8. The average molecular weight is 946 g/mol. The van der Waals surface area contributed by atoms with Gasteiger partial charge in [0.15, 0.2) is 6.10 Å². The SMILES string of the molecule is CC/C=C\C/C=C\C/C=C\C/C=C\C/C=C\CCCCCCCCCC(=O)OCC(COC(=O)CCCCCCC/C=C\C/C=C\CCC)OC(=O)CCCCCCC/C=C\CCCCCCC. The Morgan fingerprint density at radius 1 is 0.309 bits per heavy atom. The number of carbonyl (C=O) groups excluding carboxylic acids is 3. The molecular formula is C62H104O6. The number of unbranched alkanes of at least 4 members (excludes halogenated alkanes) is 23. The second-order valence-electron chi connectivity index (χ2n) is 18.5. The van der Waals surface area contributed by atoms with Crippen molar-refractivity contribution >= 4 is 17.9 Å². The summed E-state index contributed by atoms with van der Waals surface area (Å²) in [7, 11) is 0. The molecule has 0 aliphatic heterocycles. The quantitative estimate of drug-likeness (QED) is 0.0262. The predicted octanol–water partition coefficient (Wildman–Crippen LogP) is 18.9. The molecule has 0 radical (unpaired) electrons. The Balaban J connectivity index is 4.38. The van der Waals surface area contributed by atoms with Crippen molar-refractivity contribution in [2.45, 2.75) is 264 Å². The van der Waals surface area contributed by atoms with Crippen LogP contribution < -0.4 is 0 Å². The van der Waals surface area contributed by atoms with Gasteiger partial charge >= 0.3 is 17.9 Å². The Labute approximate surface area is 419 Å². The van der Waals surface area contributed by atoms with Crippen molar-refractivity contribution in [3.05, 3.63) is 97.2 Å². The van der Waals surface area contributed by atoms with E-state index in [-0.39, 0.29) is 31.1 Å². The van der Waals surface area contributed by atoms with Crippen molar-refractivity contribution < 1.29 is 28.6 Å². The van der Waals surface area contributed by atoms with E-state index in [1.54, 1.807) is 0 Å². The standard InChI is InChI=1S/C62H104O6/c1-4-7-10-13-16-19-22-25-27-28-29-30-31-32-33-34-35-38-40-43-46-49-52-55-61(64)67-58-59(57-66-60(63)54-51-48-45-42-39-36-24-21-18-15-12-9-6-3)68-62(65)56-53-50-47-44-41-37-26-23-20-17-14-11-8-5-2/h7,10,12,15-16,19,21,23-27,29-30,32-33,59H,4-6,8-9,11,13-14,17-18,20,22,28,31,34-58H2,1-3H3/b10-7-,15-12-,19-16-,24-21-,26-23-,27-25-,30-29-,33-32-. The number of hydrogen-bond donors (Lipinski definition) is 0. The maximum absolute atomic E-state index is 12.8. The van der Waals surface area contributed by atoms with Crippen molar-refractivity contribution in [2.24, 2.45) is 0 Å². The van der Waals surface area contributed by atoms with Crippen LogP contribution >= 0.6 is 0 Å². The number of ether oxygens (including phenoxy) is 3. The zero-order valence-corrected chi connectivity index (χ0v) is 44.3. The fraction of sp³-hybridized carbons (Fsp3) is 0.694. The summed E-state index contributed by atoms with van der Waals surface area (Å²) in [5, 5.41) is 0. The molecule has 0 fully saturated rings. The van der Waals surface area contributed by atoms with E-state index in [9.17, 15) is 14.4 Å². The summed E-state index contributed by atoms with van der Waals surface area (Å²) >= 11 is 0. The molecule has 0 aliphatic rings. The lowest BCUT2D eigenvalue weighted by molar-refractivity contribution is -0.167. The zero-order valence-electron chi connectivity index (χ0n) is 44.3. The molecule has 0 bridgehead atoms. The first-order chi connectivity index (χ1) is 33.5. The van der Waals surface area contributed by atoms with E-state index >= 15 is 0 Å². The summed E-state index contributed by atoms with van der Waals surface area (Å²) in [5.41, 5.74) is 0. The number of rotatable bonds is 50. The van der Waals surface area contributed by atoms with Gasteiger partial charge in [0.1, 0.15) is 13.2 Å². The van der Waals surface area contributed by atoms with Crippen molar-refractivity contribution in [1.29, 1.82) is 0 Å². The van der Waals surface area contributed by atoms with Crippen molar-refractivity contribution in [3.63, 3.8) is 0 Å². The van der Waals surface area contributed by atoms with Gasteiger partial charge < -0.3 is 14.2 Å². The highest BCUT2D eigenvalue weighted by atomic mass is 16.6. The maximum Gasteiger partial charge on any atom is 0.306 e. The number of hydrogen-bond acceptors (Lipinski definition) is 6. The van der Waals surface area contributed by atoms with Crippen LogP contribution in [0.15, 0.2) is 97.2 Å². The summed E-state index contributed by atoms with van der Waals surface area (Å²) < 4.78 is 16.8. The van der Waals surface area contributed by atoms with Gasteiger partial charge in [-0.1, -0.05) is 221 Å². The molecule has 68 heavy (non-hydrogen) atoms. The van der Waals surface area contributed by atoms with Crippen LogP contribution in [0.3, 0.4) is 0 Å². The Morgan fingerprint density at radius 2 is 0.603 bits per heavy atom. The molecule has 6 heteroatoms. The molecule has 0 saturated carbocycles. The Bertz CT molecular complexity index is 1360. The van der Waals surface area contributed by atoms with E-state index in [1.165, 1.54) is 77.0 Å². The number of allylic oxidation sites excluding steroid dienone is 16. The predicted molar refractivity (Wildman–Crippen MR) is 293 cm³/mol. The molecule has 0 aliphatic carbocycles. The van der Waals surface area contributed by atoms with Crippen LogP contribution in [0, 0.1) is 0 Å². The van der Waals surface area contributed by atoms with Crippen LogP contribution in [-0.2, 0) is 28.6 Å². The van der Waals surface area contributed by atoms with E-state index in [2.05, 4.69) is 118 Å². The molecule has 0 aromatic heterocycles. The molecule has 0 rings (SSSR count).